The summed E-state index contributed by atoms with van der Waals surface area (Å²) in [5, 5.41) is 0. The van der Waals surface area contributed by atoms with Crippen LogP contribution in [-0.2, 0) is 27.4 Å². The predicted octanol–water partition coefficient (Wildman–Crippen LogP) is 4.45. The molecule has 166 valence electrons. The Hall–Kier alpha value is -3.41. The van der Waals surface area contributed by atoms with Crippen LogP contribution in [0.5, 0.6) is 0 Å². The molecule has 1 aliphatic heterocycles. The van der Waals surface area contributed by atoms with Gasteiger partial charge < -0.3 is 9.64 Å². The Balaban J connectivity index is 1.64. The van der Waals surface area contributed by atoms with Crippen molar-refractivity contribution >= 4 is 17.9 Å². The molecule has 3 amide bonds. The van der Waals surface area contributed by atoms with Crippen molar-refractivity contribution in [1.82, 2.24) is 9.80 Å². The molecular formula is C26H28N2O4. The van der Waals surface area contributed by atoms with Crippen molar-refractivity contribution in [2.24, 2.45) is 0 Å². The number of nitrogens with zero attached hydrogens (tertiary/aromatic N) is 2. The van der Waals surface area contributed by atoms with E-state index in [2.05, 4.69) is 0 Å². The van der Waals surface area contributed by atoms with Crippen molar-refractivity contribution in [3.8, 4) is 0 Å². The molecule has 32 heavy (non-hydrogen) atoms. The van der Waals surface area contributed by atoms with Gasteiger partial charge in [0.25, 0.3) is 5.91 Å². The smallest absolute Gasteiger partial charge is 0.334 e. The summed E-state index contributed by atoms with van der Waals surface area (Å²) in [6.45, 7) is 5.93. The van der Waals surface area contributed by atoms with E-state index in [0.717, 1.165) is 11.1 Å². The minimum Gasteiger partial charge on any atom is -0.457 e. The van der Waals surface area contributed by atoms with E-state index in [9.17, 15) is 14.4 Å². The summed E-state index contributed by atoms with van der Waals surface area (Å²) in [5.41, 5.74) is 0.519. The lowest BCUT2D eigenvalue weighted by Gasteiger charge is -2.32. The number of hydrogen-bond donors (Lipinski definition) is 0. The molecule has 1 atom stereocenters. The highest BCUT2D eigenvalue weighted by molar-refractivity contribution is 6.08. The van der Waals surface area contributed by atoms with E-state index in [1.54, 1.807) is 11.0 Å². The molecule has 0 saturated carbocycles. The van der Waals surface area contributed by atoms with Gasteiger partial charge in [-0.1, -0.05) is 66.7 Å². The Morgan fingerprint density at radius 2 is 1.50 bits per heavy atom. The number of carbonyl (C=O) groups excluding carboxylic acids is 3. The summed E-state index contributed by atoms with van der Waals surface area (Å²) in [5.74, 6) is -0.701. The maximum atomic E-state index is 13.7. The van der Waals surface area contributed by atoms with E-state index in [0.29, 0.717) is 18.5 Å². The van der Waals surface area contributed by atoms with Crippen molar-refractivity contribution in [3.63, 3.8) is 0 Å². The van der Waals surface area contributed by atoms with Gasteiger partial charge in [-0.3, -0.25) is 9.69 Å². The average Bonchev–Trinajstić information content (AvgIpc) is 3.28. The van der Waals surface area contributed by atoms with Crippen LogP contribution in [0.15, 0.2) is 72.3 Å². The molecule has 0 radical (unpaired) electrons. The zero-order chi connectivity index (χ0) is 22.9. The molecular weight excluding hydrogens is 404 g/mol. The molecule has 1 saturated heterocycles. The van der Waals surface area contributed by atoms with Crippen LogP contribution in [0.4, 0.5) is 4.79 Å². The molecule has 1 fully saturated rings. The Labute approximate surface area is 188 Å². The SMILES string of the molecule is CC(C)(C)OC(=O)C1=CCC2(C1)C(=O)N(Cc1ccccc1)C(=O)N2Cc1ccccc1. The number of imide groups is 1. The van der Waals surface area contributed by atoms with Gasteiger partial charge in [0, 0.05) is 18.5 Å². The summed E-state index contributed by atoms with van der Waals surface area (Å²) in [6, 6.07) is 18.7. The maximum Gasteiger partial charge on any atom is 0.334 e. The molecule has 6 nitrogen and oxygen atoms in total. The molecule has 2 aromatic rings. The molecule has 1 aliphatic carbocycles. The largest absolute Gasteiger partial charge is 0.457 e. The highest BCUT2D eigenvalue weighted by atomic mass is 16.6. The van der Waals surface area contributed by atoms with E-state index < -0.39 is 17.1 Å². The lowest BCUT2D eigenvalue weighted by atomic mass is 9.92. The van der Waals surface area contributed by atoms with Crippen LogP contribution in [0.25, 0.3) is 0 Å². The summed E-state index contributed by atoms with van der Waals surface area (Å²) in [4.78, 5) is 42.8. The third kappa shape index (κ3) is 4.17. The van der Waals surface area contributed by atoms with Crippen LogP contribution in [0.2, 0.25) is 0 Å². The maximum absolute atomic E-state index is 13.7. The standard InChI is InChI=1S/C26H28N2O4/c1-25(2,3)32-22(29)21-14-15-26(16-21)23(30)27(17-19-10-6-4-7-11-19)24(31)28(26)18-20-12-8-5-9-13-20/h4-14H,15-18H2,1-3H3. The summed E-state index contributed by atoms with van der Waals surface area (Å²) >= 11 is 0. The fraction of sp³-hybridized carbons (Fsp3) is 0.346. The molecule has 4 rings (SSSR count). The fourth-order valence-corrected chi connectivity index (χ4v) is 4.29. The minimum absolute atomic E-state index is 0.157. The predicted molar refractivity (Wildman–Crippen MR) is 120 cm³/mol. The molecule has 1 spiro atoms. The molecule has 1 heterocycles. The highest BCUT2D eigenvalue weighted by Gasteiger charge is 2.59. The second kappa shape index (κ2) is 8.26. The lowest BCUT2D eigenvalue weighted by Crippen LogP contribution is -2.47. The van der Waals surface area contributed by atoms with Crippen molar-refractivity contribution in [2.45, 2.75) is 57.8 Å². The first-order valence-corrected chi connectivity index (χ1v) is 10.8. The Morgan fingerprint density at radius 1 is 0.938 bits per heavy atom. The normalized spacial score (nSPS) is 20.8. The zero-order valence-electron chi connectivity index (χ0n) is 18.7. The van der Waals surface area contributed by atoms with E-state index >= 15 is 0 Å². The number of urea groups is 1. The third-order valence-electron chi connectivity index (χ3n) is 5.82. The number of carbonyl (C=O) groups is 3. The summed E-state index contributed by atoms with van der Waals surface area (Å²) in [6.07, 6.45) is 2.21. The molecule has 0 aromatic heterocycles. The number of rotatable bonds is 5. The molecule has 6 heteroatoms. The van der Waals surface area contributed by atoms with Gasteiger partial charge in [-0.25, -0.2) is 9.59 Å². The minimum atomic E-state index is -1.10. The summed E-state index contributed by atoms with van der Waals surface area (Å²) in [7, 11) is 0. The second-order valence-electron chi connectivity index (χ2n) is 9.37. The number of amides is 3. The van der Waals surface area contributed by atoms with Crippen LogP contribution in [0.1, 0.15) is 44.7 Å². The number of hydrogen-bond acceptors (Lipinski definition) is 4. The van der Waals surface area contributed by atoms with Gasteiger partial charge >= 0.3 is 12.0 Å². The van der Waals surface area contributed by atoms with Gasteiger partial charge in [0.05, 0.1) is 6.54 Å². The topological polar surface area (TPSA) is 66.9 Å². The average molecular weight is 433 g/mol. The summed E-state index contributed by atoms with van der Waals surface area (Å²) < 4.78 is 5.53. The van der Waals surface area contributed by atoms with Crippen LogP contribution < -0.4 is 0 Å². The van der Waals surface area contributed by atoms with Gasteiger partial charge in [0.15, 0.2) is 0 Å². The van der Waals surface area contributed by atoms with E-state index in [1.807, 2.05) is 81.4 Å². The molecule has 0 bridgehead atoms. The molecule has 1 unspecified atom stereocenters. The van der Waals surface area contributed by atoms with Gasteiger partial charge in [-0.2, -0.15) is 0 Å². The first-order valence-electron chi connectivity index (χ1n) is 10.8. The van der Waals surface area contributed by atoms with Crippen LogP contribution in [0.3, 0.4) is 0 Å². The second-order valence-corrected chi connectivity index (χ2v) is 9.37. The van der Waals surface area contributed by atoms with Crippen LogP contribution >= 0.6 is 0 Å². The van der Waals surface area contributed by atoms with Crippen LogP contribution in [-0.4, -0.2) is 38.8 Å². The van der Waals surface area contributed by atoms with Gasteiger partial charge in [-0.05, 0) is 38.3 Å². The van der Waals surface area contributed by atoms with Crippen molar-refractivity contribution < 1.29 is 19.1 Å². The van der Waals surface area contributed by atoms with Gasteiger partial charge in [-0.15, -0.1) is 0 Å². The monoisotopic (exact) mass is 432 g/mol. The highest BCUT2D eigenvalue weighted by Crippen LogP contribution is 2.43. The molecule has 0 N–H and O–H groups in total. The van der Waals surface area contributed by atoms with E-state index in [-0.39, 0.29) is 24.9 Å². The number of esters is 1. The molecule has 2 aromatic carbocycles. The number of benzene rings is 2. The van der Waals surface area contributed by atoms with E-state index in [4.69, 9.17) is 4.74 Å². The van der Waals surface area contributed by atoms with Gasteiger partial charge in [0.1, 0.15) is 11.1 Å². The van der Waals surface area contributed by atoms with E-state index in [1.165, 1.54) is 4.90 Å². The fourth-order valence-electron chi connectivity index (χ4n) is 4.29. The quantitative estimate of drug-likeness (QED) is 0.517. The third-order valence-corrected chi connectivity index (χ3v) is 5.82. The molecule has 2 aliphatic rings. The van der Waals surface area contributed by atoms with Crippen molar-refractivity contribution in [3.05, 3.63) is 83.4 Å². The Morgan fingerprint density at radius 3 is 2.06 bits per heavy atom. The van der Waals surface area contributed by atoms with Gasteiger partial charge in [0.2, 0.25) is 0 Å². The number of ether oxygens (including phenoxy) is 1. The van der Waals surface area contributed by atoms with Crippen molar-refractivity contribution in [1.29, 1.82) is 0 Å². The Kier molecular flexibility index (Phi) is 5.63. The Bertz CT molecular complexity index is 1060. The zero-order valence-corrected chi connectivity index (χ0v) is 18.7. The van der Waals surface area contributed by atoms with Crippen molar-refractivity contribution in [2.75, 3.05) is 0 Å². The lowest BCUT2D eigenvalue weighted by molar-refractivity contribution is -0.150. The first kappa shape index (κ1) is 21.8. The van der Waals surface area contributed by atoms with Crippen LogP contribution in [0, 0.1) is 0 Å². The first-order chi connectivity index (χ1) is 15.2.